The summed E-state index contributed by atoms with van der Waals surface area (Å²) in [5.41, 5.74) is 3.93. The molecule has 0 aliphatic rings. The highest BCUT2D eigenvalue weighted by Gasteiger charge is 2.09. The summed E-state index contributed by atoms with van der Waals surface area (Å²) in [6.07, 6.45) is 1.92. The largest absolute Gasteiger partial charge is 0.322 e. The van der Waals surface area contributed by atoms with Crippen molar-refractivity contribution in [3.05, 3.63) is 58.7 Å². The van der Waals surface area contributed by atoms with E-state index in [1.807, 2.05) is 50.4 Å². The van der Waals surface area contributed by atoms with E-state index in [4.69, 9.17) is 5.26 Å². The molecule has 1 amide bonds. The number of rotatable bonds is 3. The molecule has 4 heteroatoms. The zero-order valence-corrected chi connectivity index (χ0v) is 13.0. The van der Waals surface area contributed by atoms with Crippen LogP contribution in [0.15, 0.2) is 41.3 Å². The van der Waals surface area contributed by atoms with E-state index in [1.54, 1.807) is 6.07 Å². The third kappa shape index (κ3) is 3.65. The van der Waals surface area contributed by atoms with Crippen LogP contribution in [0.25, 0.3) is 0 Å². The van der Waals surface area contributed by atoms with Crippen molar-refractivity contribution in [2.75, 3.05) is 11.6 Å². The van der Waals surface area contributed by atoms with Crippen molar-refractivity contribution in [2.24, 2.45) is 0 Å². The highest BCUT2D eigenvalue weighted by atomic mass is 32.2. The van der Waals surface area contributed by atoms with E-state index in [9.17, 15) is 4.79 Å². The molecule has 0 saturated heterocycles. The summed E-state index contributed by atoms with van der Waals surface area (Å²) in [7, 11) is 0. The molecule has 2 rings (SSSR count). The van der Waals surface area contributed by atoms with Gasteiger partial charge in [0.25, 0.3) is 5.91 Å². The summed E-state index contributed by atoms with van der Waals surface area (Å²) < 4.78 is 0. The Bertz CT molecular complexity index is 712. The number of nitrogens with one attached hydrogen (secondary N) is 1. The molecule has 3 nitrogen and oxygen atoms in total. The minimum absolute atomic E-state index is 0.164. The first-order chi connectivity index (χ1) is 10.0. The van der Waals surface area contributed by atoms with Crippen LogP contribution in [0.5, 0.6) is 0 Å². The lowest BCUT2D eigenvalue weighted by Gasteiger charge is -2.09. The second-order valence-corrected chi connectivity index (χ2v) is 5.71. The highest BCUT2D eigenvalue weighted by Crippen LogP contribution is 2.23. The zero-order valence-electron chi connectivity index (χ0n) is 12.2. The Kier molecular flexibility index (Phi) is 4.66. The van der Waals surface area contributed by atoms with E-state index in [0.717, 1.165) is 16.0 Å². The predicted octanol–water partition coefficient (Wildman–Crippen LogP) is 4.15. The van der Waals surface area contributed by atoms with Crippen molar-refractivity contribution in [3.8, 4) is 6.07 Å². The van der Waals surface area contributed by atoms with Gasteiger partial charge >= 0.3 is 0 Å². The summed E-state index contributed by atoms with van der Waals surface area (Å²) in [6, 6.07) is 13.2. The normalized spacial score (nSPS) is 10.0. The van der Waals surface area contributed by atoms with Crippen LogP contribution in [0, 0.1) is 25.2 Å². The van der Waals surface area contributed by atoms with Crippen LogP contribution < -0.4 is 5.32 Å². The topological polar surface area (TPSA) is 52.9 Å². The number of anilines is 1. The third-order valence-corrected chi connectivity index (χ3v) is 3.86. The summed E-state index contributed by atoms with van der Waals surface area (Å²) >= 11 is 1.51. The van der Waals surface area contributed by atoms with E-state index >= 15 is 0 Å². The van der Waals surface area contributed by atoms with Gasteiger partial charge in [-0.1, -0.05) is 17.2 Å². The van der Waals surface area contributed by atoms with Gasteiger partial charge in [-0.15, -0.1) is 11.8 Å². The molecule has 0 bridgehead atoms. The molecule has 0 heterocycles. The van der Waals surface area contributed by atoms with Gasteiger partial charge in [0, 0.05) is 16.1 Å². The fraction of sp³-hybridized carbons (Fsp3) is 0.176. The lowest BCUT2D eigenvalue weighted by molar-refractivity contribution is 0.102. The summed E-state index contributed by atoms with van der Waals surface area (Å²) in [6.45, 7) is 3.93. The smallest absolute Gasteiger partial charge is 0.255 e. The fourth-order valence-corrected chi connectivity index (χ4v) is 2.71. The Morgan fingerprint density at radius 1 is 1.14 bits per heavy atom. The van der Waals surface area contributed by atoms with Crippen molar-refractivity contribution in [1.82, 2.24) is 0 Å². The molecule has 0 radical (unpaired) electrons. The number of thioether (sulfide) groups is 1. The van der Waals surface area contributed by atoms with Crippen LogP contribution in [-0.4, -0.2) is 12.2 Å². The molecule has 0 atom stereocenters. The van der Waals surface area contributed by atoms with E-state index in [2.05, 4.69) is 11.4 Å². The molecular weight excluding hydrogens is 280 g/mol. The molecule has 2 aromatic rings. The van der Waals surface area contributed by atoms with E-state index < -0.39 is 0 Å². The molecule has 0 fully saturated rings. The van der Waals surface area contributed by atoms with Gasteiger partial charge in [-0.25, -0.2) is 0 Å². The number of nitriles is 1. The third-order valence-electron chi connectivity index (χ3n) is 3.06. The van der Waals surface area contributed by atoms with Gasteiger partial charge in [-0.2, -0.15) is 5.26 Å². The minimum Gasteiger partial charge on any atom is -0.322 e. The molecule has 2 aromatic carbocycles. The predicted molar refractivity (Wildman–Crippen MR) is 86.8 cm³/mol. The molecule has 0 saturated carbocycles. The molecule has 21 heavy (non-hydrogen) atoms. The SMILES string of the molecule is CSc1ccc(NC(=O)c2cc(C)cc(C)c2)cc1C#N. The summed E-state index contributed by atoms with van der Waals surface area (Å²) in [5, 5.41) is 12.0. The Balaban J connectivity index is 2.25. The molecule has 0 aromatic heterocycles. The van der Waals surface area contributed by atoms with Crippen LogP contribution in [0.4, 0.5) is 5.69 Å². The molecule has 0 aliphatic heterocycles. The van der Waals surface area contributed by atoms with Crippen LogP contribution >= 0.6 is 11.8 Å². The quantitative estimate of drug-likeness (QED) is 0.866. The first kappa shape index (κ1) is 15.1. The van der Waals surface area contributed by atoms with E-state index in [0.29, 0.717) is 16.8 Å². The fourth-order valence-electron chi connectivity index (χ4n) is 2.18. The van der Waals surface area contributed by atoms with Crippen molar-refractivity contribution in [2.45, 2.75) is 18.7 Å². The second-order valence-electron chi connectivity index (χ2n) is 4.86. The van der Waals surface area contributed by atoms with Crippen molar-refractivity contribution in [1.29, 1.82) is 5.26 Å². The molecule has 1 N–H and O–H groups in total. The molecular formula is C17H16N2OS. The van der Waals surface area contributed by atoms with Crippen LogP contribution in [-0.2, 0) is 0 Å². The molecule has 0 unspecified atom stereocenters. The number of benzene rings is 2. The Hall–Kier alpha value is -2.25. The Morgan fingerprint density at radius 3 is 2.38 bits per heavy atom. The van der Waals surface area contributed by atoms with Gasteiger partial charge in [-0.3, -0.25) is 4.79 Å². The standard InChI is InChI=1S/C17H16N2OS/c1-11-6-12(2)8-13(7-11)17(20)19-15-4-5-16(21-3)14(9-15)10-18/h4-9H,1-3H3,(H,19,20). The van der Waals surface area contributed by atoms with Crippen molar-refractivity contribution < 1.29 is 4.79 Å². The zero-order chi connectivity index (χ0) is 15.4. The van der Waals surface area contributed by atoms with Gasteiger partial charge in [0.15, 0.2) is 0 Å². The number of carbonyl (C=O) groups is 1. The average molecular weight is 296 g/mol. The molecule has 0 aliphatic carbocycles. The Morgan fingerprint density at radius 2 is 1.81 bits per heavy atom. The van der Waals surface area contributed by atoms with Gasteiger partial charge in [0.2, 0.25) is 0 Å². The second kappa shape index (κ2) is 6.47. The average Bonchev–Trinajstić information content (AvgIpc) is 2.46. The number of carbonyl (C=O) groups excluding carboxylic acids is 1. The van der Waals surface area contributed by atoms with Crippen LogP contribution in [0.2, 0.25) is 0 Å². The van der Waals surface area contributed by atoms with Gasteiger partial charge in [0.1, 0.15) is 6.07 Å². The van der Waals surface area contributed by atoms with Crippen molar-refractivity contribution in [3.63, 3.8) is 0 Å². The summed E-state index contributed by atoms with van der Waals surface area (Å²) in [5.74, 6) is -0.164. The van der Waals surface area contributed by atoms with E-state index in [-0.39, 0.29) is 5.91 Å². The lowest BCUT2D eigenvalue weighted by atomic mass is 10.1. The summed E-state index contributed by atoms with van der Waals surface area (Å²) in [4.78, 5) is 13.2. The Labute approximate surface area is 129 Å². The number of amides is 1. The molecule has 0 spiro atoms. The van der Waals surface area contributed by atoms with Crippen molar-refractivity contribution >= 4 is 23.4 Å². The molecule has 106 valence electrons. The lowest BCUT2D eigenvalue weighted by Crippen LogP contribution is -2.12. The minimum atomic E-state index is -0.164. The monoisotopic (exact) mass is 296 g/mol. The van der Waals surface area contributed by atoms with Crippen LogP contribution in [0.3, 0.4) is 0 Å². The highest BCUT2D eigenvalue weighted by molar-refractivity contribution is 7.98. The maximum atomic E-state index is 12.3. The number of aryl methyl sites for hydroxylation is 2. The van der Waals surface area contributed by atoms with Gasteiger partial charge in [-0.05, 0) is 50.4 Å². The number of hydrogen-bond acceptors (Lipinski definition) is 3. The van der Waals surface area contributed by atoms with Crippen LogP contribution in [0.1, 0.15) is 27.0 Å². The van der Waals surface area contributed by atoms with Gasteiger partial charge < -0.3 is 5.32 Å². The van der Waals surface area contributed by atoms with Gasteiger partial charge in [0.05, 0.1) is 5.56 Å². The first-order valence-corrected chi connectivity index (χ1v) is 7.73. The van der Waals surface area contributed by atoms with E-state index in [1.165, 1.54) is 11.8 Å². The maximum Gasteiger partial charge on any atom is 0.255 e. The number of hydrogen-bond donors (Lipinski definition) is 1. The number of nitrogens with zero attached hydrogens (tertiary/aromatic N) is 1. The first-order valence-electron chi connectivity index (χ1n) is 6.51. The maximum absolute atomic E-state index is 12.3.